The molecule has 0 bridgehead atoms. The second-order valence-electron chi connectivity index (χ2n) is 6.22. The van der Waals surface area contributed by atoms with E-state index in [1.807, 2.05) is 19.1 Å². The van der Waals surface area contributed by atoms with Crippen molar-refractivity contribution in [3.05, 3.63) is 80.9 Å². The van der Waals surface area contributed by atoms with Crippen LogP contribution in [0.1, 0.15) is 15.9 Å². The molecule has 0 radical (unpaired) electrons. The first-order valence-electron chi connectivity index (χ1n) is 8.58. The Bertz CT molecular complexity index is 1370. The summed E-state index contributed by atoms with van der Waals surface area (Å²) in [5, 5.41) is 1.16. The molecule has 4 rings (SSSR count). The molecule has 9 nitrogen and oxygen atoms in total. The number of aromatic nitrogens is 4. The van der Waals surface area contributed by atoms with Crippen LogP contribution >= 0.6 is 0 Å². The molecule has 2 heterocycles. The summed E-state index contributed by atoms with van der Waals surface area (Å²) in [7, 11) is 3.33. The van der Waals surface area contributed by atoms with E-state index >= 15 is 0 Å². The van der Waals surface area contributed by atoms with Crippen molar-refractivity contribution >= 4 is 42.9 Å². The summed E-state index contributed by atoms with van der Waals surface area (Å²) < 4.78 is 19.7. The van der Waals surface area contributed by atoms with Gasteiger partial charge in [-0.3, -0.25) is 14.4 Å². The Balaban J connectivity index is 0.000000190. The Labute approximate surface area is 176 Å². The summed E-state index contributed by atoms with van der Waals surface area (Å²) >= 11 is -1.62. The van der Waals surface area contributed by atoms with Gasteiger partial charge in [0.25, 0.3) is 11.1 Å². The predicted molar refractivity (Wildman–Crippen MR) is 111 cm³/mol. The average Bonchev–Trinajstić information content (AvgIpc) is 2.74. The molecule has 154 valence electrons. The van der Waals surface area contributed by atoms with E-state index in [9.17, 15) is 14.4 Å². The number of aldehydes is 1. The molecule has 0 atom stereocenters. The first-order valence-corrected chi connectivity index (χ1v) is 9.97. The number of fused-ring (bicyclic) bond motifs is 2. The van der Waals surface area contributed by atoms with Gasteiger partial charge in [0.1, 0.15) is 0 Å². The molecule has 0 saturated heterocycles. The molecular formula is C20H18N4O5Se. The molecule has 0 aliphatic heterocycles. The van der Waals surface area contributed by atoms with Gasteiger partial charge in [0.15, 0.2) is 6.29 Å². The van der Waals surface area contributed by atoms with Gasteiger partial charge in [0.2, 0.25) is 0 Å². The maximum absolute atomic E-state index is 11.6. The minimum atomic E-state index is -1.62. The number of para-hydroxylation sites is 2. The van der Waals surface area contributed by atoms with Crippen LogP contribution in [0.3, 0.4) is 0 Å². The van der Waals surface area contributed by atoms with Crippen molar-refractivity contribution < 1.29 is 12.5 Å². The van der Waals surface area contributed by atoms with E-state index in [2.05, 4.69) is 9.97 Å². The van der Waals surface area contributed by atoms with Crippen LogP contribution in [0.15, 0.2) is 58.6 Å². The second kappa shape index (κ2) is 10.3. The van der Waals surface area contributed by atoms with E-state index in [1.54, 1.807) is 44.7 Å². The SMILES string of the molecule is Cc1cccc2c(=O)n(C)cnc12.Cn1cnc2c(C=O)cccc2c1=O.O=[Se]=O. The number of hydrogen-bond donors (Lipinski definition) is 0. The fraction of sp³-hybridized carbons (Fsp3) is 0.150. The van der Waals surface area contributed by atoms with E-state index in [-0.39, 0.29) is 11.1 Å². The third-order valence-electron chi connectivity index (χ3n) is 4.25. The third kappa shape index (κ3) is 4.91. The third-order valence-corrected chi connectivity index (χ3v) is 4.25. The number of benzene rings is 2. The fourth-order valence-electron chi connectivity index (χ4n) is 2.75. The van der Waals surface area contributed by atoms with Gasteiger partial charge < -0.3 is 9.13 Å². The van der Waals surface area contributed by atoms with Crippen LogP contribution in [0.25, 0.3) is 21.8 Å². The number of nitrogens with zero attached hydrogens (tertiary/aromatic N) is 4. The number of carbonyl (C=O) groups excluding carboxylic acids is 1. The molecule has 0 aliphatic rings. The van der Waals surface area contributed by atoms with Gasteiger partial charge in [-0.1, -0.05) is 18.2 Å². The Kier molecular flexibility index (Phi) is 7.85. The number of hydrogen-bond acceptors (Lipinski definition) is 7. The summed E-state index contributed by atoms with van der Waals surface area (Å²) in [5.74, 6) is 0. The van der Waals surface area contributed by atoms with E-state index in [1.165, 1.54) is 15.5 Å². The number of aryl methyl sites for hydroxylation is 3. The van der Waals surface area contributed by atoms with Crippen molar-refractivity contribution in [2.45, 2.75) is 6.92 Å². The van der Waals surface area contributed by atoms with Gasteiger partial charge in [0.05, 0.1) is 34.5 Å². The van der Waals surface area contributed by atoms with Crippen molar-refractivity contribution in [1.29, 1.82) is 0 Å². The van der Waals surface area contributed by atoms with Gasteiger partial charge >= 0.3 is 22.5 Å². The molecule has 0 saturated carbocycles. The van der Waals surface area contributed by atoms with Gasteiger partial charge in [-0.25, -0.2) is 9.97 Å². The molecule has 0 fully saturated rings. The van der Waals surface area contributed by atoms with Crippen LogP contribution in [0.4, 0.5) is 0 Å². The van der Waals surface area contributed by atoms with Crippen LogP contribution in [0.5, 0.6) is 0 Å². The molecule has 0 amide bonds. The first kappa shape index (κ1) is 22.8. The van der Waals surface area contributed by atoms with Crippen LogP contribution < -0.4 is 11.1 Å². The Morgan fingerprint density at radius 3 is 1.83 bits per heavy atom. The number of rotatable bonds is 1. The molecule has 0 N–H and O–H groups in total. The monoisotopic (exact) mass is 474 g/mol. The summed E-state index contributed by atoms with van der Waals surface area (Å²) in [4.78, 5) is 42.1. The molecule has 2 aromatic carbocycles. The molecule has 4 aromatic rings. The minimum absolute atomic E-state index is 0.00806. The van der Waals surface area contributed by atoms with Crippen LogP contribution in [0, 0.1) is 6.92 Å². The van der Waals surface area contributed by atoms with Gasteiger partial charge in [-0.05, 0) is 30.7 Å². The molecular weight excluding hydrogens is 455 g/mol. The predicted octanol–water partition coefficient (Wildman–Crippen LogP) is 1.37. The van der Waals surface area contributed by atoms with Crippen LogP contribution in [0.2, 0.25) is 0 Å². The Hall–Kier alpha value is -3.49. The quantitative estimate of drug-likeness (QED) is 0.302. The normalized spacial score (nSPS) is 9.83. The van der Waals surface area contributed by atoms with E-state index in [0.717, 1.165) is 11.1 Å². The van der Waals surface area contributed by atoms with E-state index < -0.39 is 14.8 Å². The topological polar surface area (TPSA) is 121 Å². The molecule has 0 unspecified atom stereocenters. The van der Waals surface area contributed by atoms with Crippen LogP contribution in [-0.2, 0) is 21.8 Å². The van der Waals surface area contributed by atoms with Crippen molar-refractivity contribution in [3.8, 4) is 0 Å². The first-order chi connectivity index (χ1) is 14.3. The molecule has 10 heteroatoms. The van der Waals surface area contributed by atoms with Gasteiger partial charge in [-0.15, -0.1) is 0 Å². The summed E-state index contributed by atoms with van der Waals surface area (Å²) in [5.41, 5.74) is 2.61. The second-order valence-corrected chi connectivity index (χ2v) is 6.51. The van der Waals surface area contributed by atoms with E-state index in [4.69, 9.17) is 7.67 Å². The summed E-state index contributed by atoms with van der Waals surface area (Å²) in [6, 6.07) is 10.6. The zero-order valence-corrected chi connectivity index (χ0v) is 18.1. The van der Waals surface area contributed by atoms with Gasteiger partial charge in [0, 0.05) is 19.7 Å². The zero-order chi connectivity index (χ0) is 22.3. The van der Waals surface area contributed by atoms with Crippen molar-refractivity contribution in [1.82, 2.24) is 19.1 Å². The fourth-order valence-corrected chi connectivity index (χ4v) is 2.75. The van der Waals surface area contributed by atoms with E-state index in [0.29, 0.717) is 28.1 Å². The zero-order valence-electron chi connectivity index (χ0n) is 16.4. The Morgan fingerprint density at radius 1 is 0.833 bits per heavy atom. The molecule has 30 heavy (non-hydrogen) atoms. The van der Waals surface area contributed by atoms with Gasteiger partial charge in [-0.2, -0.15) is 0 Å². The standard InChI is InChI=1S/C10H8N2O2.C10H10N2O.O2Se/c1-12-6-11-9-7(5-13)3-2-4-8(9)10(12)14;1-7-4-3-5-8-9(7)11-6-12(2)10(8)13;1-3-2/h2-6H,1H3;3-6H,1-2H3;. The number of carbonyl (C=O) groups is 1. The molecule has 0 spiro atoms. The van der Waals surface area contributed by atoms with Crippen molar-refractivity contribution in [3.63, 3.8) is 0 Å². The summed E-state index contributed by atoms with van der Waals surface area (Å²) in [6.07, 6.45) is 3.67. The summed E-state index contributed by atoms with van der Waals surface area (Å²) in [6.45, 7) is 1.95. The van der Waals surface area contributed by atoms with Crippen molar-refractivity contribution in [2.75, 3.05) is 0 Å². The van der Waals surface area contributed by atoms with Crippen LogP contribution in [-0.4, -0.2) is 40.2 Å². The maximum atomic E-state index is 11.6. The van der Waals surface area contributed by atoms with Crippen molar-refractivity contribution in [2.24, 2.45) is 14.1 Å². The Morgan fingerprint density at radius 2 is 1.30 bits per heavy atom. The average molecular weight is 473 g/mol. The molecule has 0 aliphatic carbocycles. The molecule has 2 aromatic heterocycles.